The zero-order valence-electron chi connectivity index (χ0n) is 9.95. The molecule has 0 saturated heterocycles. The molecule has 0 bridgehead atoms. The maximum atomic E-state index is 11.7. The average molecular weight is 240 g/mol. The fourth-order valence-electron chi connectivity index (χ4n) is 2.10. The molecule has 96 valence electrons. The molecule has 4 N–H and O–H groups in total. The number of carbonyl (C=O) groups excluding carboxylic acids is 1. The molecule has 1 aliphatic rings. The van der Waals surface area contributed by atoms with Crippen molar-refractivity contribution >= 4 is 11.9 Å². The van der Waals surface area contributed by atoms with Crippen LogP contribution in [0.3, 0.4) is 0 Å². The van der Waals surface area contributed by atoms with Gasteiger partial charge in [-0.1, -0.05) is 12.5 Å². The Morgan fingerprint density at radius 3 is 2.53 bits per heavy atom. The van der Waals surface area contributed by atoms with Crippen LogP contribution in [0.4, 0.5) is 0 Å². The predicted octanol–water partition coefficient (Wildman–Crippen LogP) is 0.651. The van der Waals surface area contributed by atoms with Gasteiger partial charge in [0, 0.05) is 6.42 Å². The van der Waals surface area contributed by atoms with E-state index < -0.39 is 12.0 Å². The van der Waals surface area contributed by atoms with Crippen molar-refractivity contribution in [1.82, 2.24) is 5.32 Å². The van der Waals surface area contributed by atoms with Gasteiger partial charge in [0.25, 0.3) is 0 Å². The molecule has 1 fully saturated rings. The zero-order valence-corrected chi connectivity index (χ0v) is 9.95. The Labute approximate surface area is 101 Å². The summed E-state index contributed by atoms with van der Waals surface area (Å²) in [5, 5.41) is 11.4. The molecule has 0 radical (unpaired) electrons. The Morgan fingerprint density at radius 1 is 1.53 bits per heavy atom. The van der Waals surface area contributed by atoms with Crippen molar-refractivity contribution in [2.24, 2.45) is 11.1 Å². The van der Waals surface area contributed by atoms with E-state index in [9.17, 15) is 9.59 Å². The molecular formula is C12H20N2O3. The lowest BCUT2D eigenvalue weighted by molar-refractivity contribution is -0.142. The van der Waals surface area contributed by atoms with Gasteiger partial charge in [-0.3, -0.25) is 4.79 Å². The van der Waals surface area contributed by atoms with Crippen molar-refractivity contribution in [3.63, 3.8) is 0 Å². The molecule has 0 aliphatic heterocycles. The highest BCUT2D eigenvalue weighted by Gasteiger charge is 2.38. The second-order valence-corrected chi connectivity index (χ2v) is 4.72. The standard InChI is InChI=1S/C12H20N2O3/c1-2-4-9(11(16)17)14-10(15)7-12(8-13)5-3-6-12/h2,9H,1,3-8,13H2,(H,14,15)(H,16,17). The number of nitrogens with one attached hydrogen (secondary N) is 1. The Kier molecular flexibility index (Phi) is 4.69. The van der Waals surface area contributed by atoms with Crippen LogP contribution in [0.5, 0.6) is 0 Å². The van der Waals surface area contributed by atoms with Crippen molar-refractivity contribution < 1.29 is 14.7 Å². The van der Waals surface area contributed by atoms with Gasteiger partial charge in [-0.25, -0.2) is 4.79 Å². The summed E-state index contributed by atoms with van der Waals surface area (Å²) in [6, 6.07) is -0.880. The van der Waals surface area contributed by atoms with Crippen LogP contribution in [0.1, 0.15) is 32.1 Å². The first-order valence-electron chi connectivity index (χ1n) is 5.86. The minimum Gasteiger partial charge on any atom is -0.480 e. The third-order valence-corrected chi connectivity index (χ3v) is 3.42. The molecule has 0 aromatic heterocycles. The van der Waals surface area contributed by atoms with E-state index in [0.717, 1.165) is 19.3 Å². The minimum absolute atomic E-state index is 0.0959. The van der Waals surface area contributed by atoms with Crippen molar-refractivity contribution in [1.29, 1.82) is 0 Å². The third-order valence-electron chi connectivity index (χ3n) is 3.42. The first kappa shape index (κ1) is 13.7. The number of carboxylic acid groups (broad SMARTS) is 1. The maximum Gasteiger partial charge on any atom is 0.326 e. The number of hydrogen-bond donors (Lipinski definition) is 3. The molecule has 0 aromatic carbocycles. The van der Waals surface area contributed by atoms with E-state index in [2.05, 4.69) is 11.9 Å². The Morgan fingerprint density at radius 2 is 2.18 bits per heavy atom. The molecule has 0 heterocycles. The number of rotatable bonds is 7. The molecule has 1 saturated carbocycles. The molecule has 1 aliphatic carbocycles. The molecular weight excluding hydrogens is 220 g/mol. The molecule has 1 rings (SSSR count). The summed E-state index contributed by atoms with van der Waals surface area (Å²) in [5.41, 5.74) is 5.56. The molecule has 1 atom stereocenters. The van der Waals surface area contributed by atoms with E-state index in [4.69, 9.17) is 10.8 Å². The third kappa shape index (κ3) is 3.56. The number of hydrogen-bond acceptors (Lipinski definition) is 3. The highest BCUT2D eigenvalue weighted by Crippen LogP contribution is 2.42. The first-order valence-corrected chi connectivity index (χ1v) is 5.86. The van der Waals surface area contributed by atoms with Crippen LogP contribution >= 0.6 is 0 Å². The fraction of sp³-hybridized carbons (Fsp3) is 0.667. The van der Waals surface area contributed by atoms with Crippen LogP contribution in [0.15, 0.2) is 12.7 Å². The number of nitrogens with two attached hydrogens (primary N) is 1. The largest absolute Gasteiger partial charge is 0.480 e. The second kappa shape index (κ2) is 5.82. The summed E-state index contributed by atoms with van der Waals surface area (Å²) >= 11 is 0. The van der Waals surface area contributed by atoms with E-state index in [1.54, 1.807) is 0 Å². The summed E-state index contributed by atoms with van der Waals surface area (Å²) in [4.78, 5) is 22.6. The summed E-state index contributed by atoms with van der Waals surface area (Å²) in [6.45, 7) is 3.96. The molecule has 0 spiro atoms. The first-order chi connectivity index (χ1) is 8.03. The van der Waals surface area contributed by atoms with Crippen molar-refractivity contribution in [3.8, 4) is 0 Å². The second-order valence-electron chi connectivity index (χ2n) is 4.72. The van der Waals surface area contributed by atoms with Gasteiger partial charge in [0.15, 0.2) is 0 Å². The van der Waals surface area contributed by atoms with Crippen molar-refractivity contribution in [2.75, 3.05) is 6.54 Å². The number of carbonyl (C=O) groups is 2. The van der Waals surface area contributed by atoms with Crippen LogP contribution in [0.25, 0.3) is 0 Å². The quantitative estimate of drug-likeness (QED) is 0.570. The van der Waals surface area contributed by atoms with Gasteiger partial charge >= 0.3 is 5.97 Å². The number of amides is 1. The smallest absolute Gasteiger partial charge is 0.326 e. The van der Waals surface area contributed by atoms with Crippen LogP contribution in [-0.4, -0.2) is 29.6 Å². The van der Waals surface area contributed by atoms with Gasteiger partial charge < -0.3 is 16.2 Å². The number of carboxylic acids is 1. The normalized spacial score (nSPS) is 18.9. The predicted molar refractivity (Wildman–Crippen MR) is 64.3 cm³/mol. The van der Waals surface area contributed by atoms with E-state index >= 15 is 0 Å². The lowest BCUT2D eigenvalue weighted by Crippen LogP contribution is -2.46. The van der Waals surface area contributed by atoms with Crippen LogP contribution in [0, 0.1) is 5.41 Å². The molecule has 5 heteroatoms. The van der Waals surface area contributed by atoms with Gasteiger partial charge in [-0.2, -0.15) is 0 Å². The Bertz CT molecular complexity index is 305. The molecule has 1 unspecified atom stereocenters. The van der Waals surface area contributed by atoms with E-state index in [0.29, 0.717) is 13.0 Å². The summed E-state index contributed by atoms with van der Waals surface area (Å²) in [6.07, 6.45) is 5.05. The highest BCUT2D eigenvalue weighted by atomic mass is 16.4. The SMILES string of the molecule is C=CCC(NC(=O)CC1(CN)CCC1)C(=O)O. The molecule has 17 heavy (non-hydrogen) atoms. The van der Waals surface area contributed by atoms with Crippen LogP contribution in [-0.2, 0) is 9.59 Å². The van der Waals surface area contributed by atoms with Gasteiger partial charge in [-0.05, 0) is 31.2 Å². The van der Waals surface area contributed by atoms with E-state index in [1.807, 2.05) is 0 Å². The van der Waals surface area contributed by atoms with Crippen molar-refractivity contribution in [3.05, 3.63) is 12.7 Å². The Balaban J connectivity index is 2.47. The summed E-state index contributed by atoms with van der Waals surface area (Å²) < 4.78 is 0. The van der Waals surface area contributed by atoms with Crippen LogP contribution in [0.2, 0.25) is 0 Å². The topological polar surface area (TPSA) is 92.4 Å². The van der Waals surface area contributed by atoms with Gasteiger partial charge in [0.2, 0.25) is 5.91 Å². The van der Waals surface area contributed by atoms with Crippen molar-refractivity contribution in [2.45, 2.75) is 38.1 Å². The van der Waals surface area contributed by atoms with Gasteiger partial charge in [0.05, 0.1) is 0 Å². The molecule has 0 aromatic rings. The minimum atomic E-state index is -1.03. The lowest BCUT2D eigenvalue weighted by atomic mass is 9.66. The lowest BCUT2D eigenvalue weighted by Gasteiger charge is -2.40. The Hall–Kier alpha value is -1.36. The average Bonchev–Trinajstić information content (AvgIpc) is 2.22. The van der Waals surface area contributed by atoms with Crippen LogP contribution < -0.4 is 11.1 Å². The zero-order chi connectivity index (χ0) is 12.9. The van der Waals surface area contributed by atoms with E-state index in [1.165, 1.54) is 6.08 Å². The molecule has 1 amide bonds. The van der Waals surface area contributed by atoms with E-state index in [-0.39, 0.29) is 17.7 Å². The van der Waals surface area contributed by atoms with Gasteiger partial charge in [0.1, 0.15) is 6.04 Å². The van der Waals surface area contributed by atoms with Gasteiger partial charge in [-0.15, -0.1) is 6.58 Å². The summed E-state index contributed by atoms with van der Waals surface area (Å²) in [7, 11) is 0. The monoisotopic (exact) mass is 240 g/mol. The highest BCUT2D eigenvalue weighted by molar-refractivity contribution is 5.84. The summed E-state index contributed by atoms with van der Waals surface area (Å²) in [5.74, 6) is -1.27. The maximum absolute atomic E-state index is 11.7. The fourth-order valence-corrected chi connectivity index (χ4v) is 2.10. The molecule has 5 nitrogen and oxygen atoms in total. The number of aliphatic carboxylic acids is 1.